The fraction of sp³-hybridized carbons (Fsp3) is 0.318. The highest BCUT2D eigenvalue weighted by Crippen LogP contribution is 2.54. The lowest BCUT2D eigenvalue weighted by molar-refractivity contribution is -0.119. The second kappa shape index (κ2) is 7.44. The van der Waals surface area contributed by atoms with Crippen LogP contribution < -0.4 is 15.2 Å². The molecule has 2 fully saturated rings. The number of carbonyl (C=O) groups is 2. The second-order valence-corrected chi connectivity index (χ2v) is 7.31. The van der Waals surface area contributed by atoms with Crippen LogP contribution >= 0.6 is 0 Å². The summed E-state index contributed by atoms with van der Waals surface area (Å²) in [5.74, 6) is 0.647. The lowest BCUT2D eigenvalue weighted by Crippen LogP contribution is -2.48. The minimum Gasteiger partial charge on any atom is -0.497 e. The van der Waals surface area contributed by atoms with Crippen molar-refractivity contribution in [2.75, 3.05) is 27.3 Å². The van der Waals surface area contributed by atoms with E-state index in [9.17, 15) is 14.9 Å². The molecule has 0 radical (unpaired) electrons. The molecular weight excluding hydrogens is 384 g/mol. The molecule has 5 atom stereocenters. The first kappa shape index (κ1) is 19.9. The highest BCUT2D eigenvalue weighted by atomic mass is 16.5. The fourth-order valence-corrected chi connectivity index (χ4v) is 4.31. The van der Waals surface area contributed by atoms with Crippen molar-refractivity contribution in [3.63, 3.8) is 0 Å². The largest absolute Gasteiger partial charge is 0.497 e. The maximum Gasteiger partial charge on any atom is 0.236 e. The number of amides is 1. The molecule has 8 heteroatoms. The summed E-state index contributed by atoms with van der Waals surface area (Å²) in [4.78, 5) is 28.0. The number of methoxy groups -OCH3 is 2. The summed E-state index contributed by atoms with van der Waals surface area (Å²) in [6, 6.07) is 14.0. The van der Waals surface area contributed by atoms with E-state index in [1.807, 2.05) is 34.1 Å². The minimum absolute atomic E-state index is 0.380. The van der Waals surface area contributed by atoms with Crippen molar-refractivity contribution in [1.82, 2.24) is 9.80 Å². The molecule has 4 rings (SSSR count). The predicted molar refractivity (Wildman–Crippen MR) is 108 cm³/mol. The molecule has 2 aliphatic rings. The molecule has 8 nitrogen and oxygen atoms in total. The van der Waals surface area contributed by atoms with Gasteiger partial charge in [0, 0.05) is 24.2 Å². The molecule has 0 aliphatic carbocycles. The van der Waals surface area contributed by atoms with Crippen molar-refractivity contribution in [2.45, 2.75) is 17.7 Å². The average molecular weight is 406 g/mol. The van der Waals surface area contributed by atoms with Crippen LogP contribution in [0.25, 0.3) is 0 Å². The number of hydrogen-bond donors (Lipinski definition) is 1. The smallest absolute Gasteiger partial charge is 0.236 e. The zero-order chi connectivity index (χ0) is 21.5. The van der Waals surface area contributed by atoms with Gasteiger partial charge in [-0.3, -0.25) is 19.4 Å². The molecular formula is C22H22N4O4. The van der Waals surface area contributed by atoms with Crippen molar-refractivity contribution in [3.05, 3.63) is 59.2 Å². The van der Waals surface area contributed by atoms with E-state index < -0.39 is 17.6 Å². The van der Waals surface area contributed by atoms with Crippen molar-refractivity contribution < 1.29 is 19.1 Å². The topological polar surface area (TPSA) is 108 Å². The van der Waals surface area contributed by atoms with E-state index in [1.54, 1.807) is 25.3 Å². The van der Waals surface area contributed by atoms with Crippen LogP contribution in [-0.2, 0) is 10.5 Å². The molecule has 0 aromatic heterocycles. The highest BCUT2D eigenvalue weighted by molar-refractivity contribution is 5.85. The van der Waals surface area contributed by atoms with E-state index in [1.165, 1.54) is 7.11 Å². The number of rotatable bonds is 8. The van der Waals surface area contributed by atoms with Crippen LogP contribution in [0.3, 0.4) is 0 Å². The number of nitriles is 1. The minimum atomic E-state index is -1.09. The third kappa shape index (κ3) is 2.91. The number of nitrogens with two attached hydrogens (primary N) is 1. The second-order valence-electron chi connectivity index (χ2n) is 7.31. The maximum atomic E-state index is 12.1. The lowest BCUT2D eigenvalue weighted by Gasteiger charge is -2.40. The first-order chi connectivity index (χ1) is 14.5. The van der Waals surface area contributed by atoms with Gasteiger partial charge in [-0.05, 0) is 23.8 Å². The van der Waals surface area contributed by atoms with Gasteiger partial charge in [0.1, 0.15) is 29.2 Å². The van der Waals surface area contributed by atoms with E-state index in [-0.39, 0.29) is 6.04 Å². The normalized spacial score (nSPS) is 26.0. The molecule has 0 bridgehead atoms. The number of ether oxygens (including phenoxy) is 2. The SMILES string of the molecule is COc1cccc(C(c2c(C=O)cccc2OC)(N2CC2C#N)N2CC2C(N)=O)c1. The van der Waals surface area contributed by atoms with Crippen molar-refractivity contribution in [1.29, 1.82) is 5.26 Å². The highest BCUT2D eigenvalue weighted by Gasteiger charge is 2.64. The van der Waals surface area contributed by atoms with Crippen LogP contribution in [-0.4, -0.2) is 61.4 Å². The first-order valence-electron chi connectivity index (χ1n) is 9.52. The van der Waals surface area contributed by atoms with Gasteiger partial charge in [-0.25, -0.2) is 0 Å². The molecule has 0 saturated carbocycles. The molecule has 2 aliphatic heterocycles. The van der Waals surface area contributed by atoms with E-state index in [2.05, 4.69) is 6.07 Å². The zero-order valence-electron chi connectivity index (χ0n) is 16.7. The third-order valence-corrected chi connectivity index (χ3v) is 5.76. The van der Waals surface area contributed by atoms with E-state index in [0.29, 0.717) is 35.7 Å². The molecule has 2 aromatic rings. The lowest BCUT2D eigenvalue weighted by atomic mass is 9.86. The van der Waals surface area contributed by atoms with Crippen LogP contribution in [0.1, 0.15) is 21.5 Å². The number of nitrogens with zero attached hydrogens (tertiary/aromatic N) is 3. The van der Waals surface area contributed by atoms with Gasteiger partial charge >= 0.3 is 0 Å². The van der Waals surface area contributed by atoms with Gasteiger partial charge in [0.25, 0.3) is 0 Å². The predicted octanol–water partition coefficient (Wildman–Crippen LogP) is 1.09. The quantitative estimate of drug-likeness (QED) is 0.516. The summed E-state index contributed by atoms with van der Waals surface area (Å²) >= 11 is 0. The summed E-state index contributed by atoms with van der Waals surface area (Å²) in [6.45, 7) is 0.879. The van der Waals surface area contributed by atoms with E-state index in [4.69, 9.17) is 15.2 Å². The summed E-state index contributed by atoms with van der Waals surface area (Å²) in [5, 5.41) is 9.64. The monoisotopic (exact) mass is 406 g/mol. The first-order valence-corrected chi connectivity index (χ1v) is 9.52. The number of hydrogen-bond acceptors (Lipinski definition) is 7. The summed E-state index contributed by atoms with van der Waals surface area (Å²) in [5.41, 5.74) is 6.30. The van der Waals surface area contributed by atoms with Gasteiger partial charge < -0.3 is 15.2 Å². The molecule has 0 spiro atoms. The molecule has 30 heavy (non-hydrogen) atoms. The van der Waals surface area contributed by atoms with Gasteiger partial charge in [-0.1, -0.05) is 24.3 Å². The third-order valence-electron chi connectivity index (χ3n) is 5.76. The van der Waals surface area contributed by atoms with Gasteiger partial charge in [0.05, 0.1) is 20.3 Å². The Kier molecular flexibility index (Phi) is 4.94. The Bertz CT molecular complexity index is 1050. The van der Waals surface area contributed by atoms with Crippen LogP contribution in [0.15, 0.2) is 42.5 Å². The Hall–Kier alpha value is -3.41. The maximum absolute atomic E-state index is 12.1. The van der Waals surface area contributed by atoms with Crippen molar-refractivity contribution in [3.8, 4) is 17.6 Å². The Balaban J connectivity index is 2.06. The Morgan fingerprint density at radius 3 is 2.53 bits per heavy atom. The summed E-state index contributed by atoms with van der Waals surface area (Å²) in [6.07, 6.45) is 0.764. The van der Waals surface area contributed by atoms with Crippen molar-refractivity contribution in [2.24, 2.45) is 5.73 Å². The number of primary amides is 1. The molecule has 154 valence electrons. The molecule has 2 aromatic carbocycles. The molecule has 2 saturated heterocycles. The summed E-state index contributed by atoms with van der Waals surface area (Å²) < 4.78 is 11.1. The molecule has 2 heterocycles. The van der Waals surface area contributed by atoms with E-state index in [0.717, 1.165) is 11.8 Å². The van der Waals surface area contributed by atoms with Crippen LogP contribution in [0.5, 0.6) is 11.5 Å². The van der Waals surface area contributed by atoms with Crippen LogP contribution in [0.2, 0.25) is 0 Å². The van der Waals surface area contributed by atoms with Gasteiger partial charge in [-0.15, -0.1) is 0 Å². The Labute approximate surface area is 174 Å². The Morgan fingerprint density at radius 1 is 1.20 bits per heavy atom. The van der Waals surface area contributed by atoms with Gasteiger partial charge in [0.2, 0.25) is 5.91 Å². The number of aldehydes is 1. The fourth-order valence-electron chi connectivity index (χ4n) is 4.31. The standard InChI is InChI=1S/C22H22N4O4/c1-29-17-7-4-6-15(9-17)22(25-11-16(25)10-23,26-12-18(26)21(24)28)20-14(13-27)5-3-8-19(20)30-2/h3-9,13,16,18H,11-12H2,1-2H3,(H2,24,28). The molecule has 5 unspecified atom stereocenters. The van der Waals surface area contributed by atoms with E-state index >= 15 is 0 Å². The van der Waals surface area contributed by atoms with Crippen molar-refractivity contribution >= 4 is 12.2 Å². The average Bonchev–Trinajstić information content (AvgIpc) is 3.69. The summed E-state index contributed by atoms with van der Waals surface area (Å²) in [7, 11) is 3.10. The van der Waals surface area contributed by atoms with Gasteiger partial charge in [-0.2, -0.15) is 5.26 Å². The van der Waals surface area contributed by atoms with Gasteiger partial charge in [0.15, 0.2) is 6.29 Å². The molecule has 2 N–H and O–H groups in total. The van der Waals surface area contributed by atoms with Crippen LogP contribution in [0.4, 0.5) is 0 Å². The number of benzene rings is 2. The zero-order valence-corrected chi connectivity index (χ0v) is 16.7. The Morgan fingerprint density at radius 2 is 1.97 bits per heavy atom. The number of carbonyl (C=O) groups excluding carboxylic acids is 2. The molecule has 1 amide bonds. The van der Waals surface area contributed by atoms with Crippen LogP contribution in [0, 0.1) is 11.3 Å².